The van der Waals surface area contributed by atoms with E-state index in [-0.39, 0.29) is 31.0 Å². The molecule has 0 bridgehead atoms. The van der Waals surface area contributed by atoms with Gasteiger partial charge in [0.05, 0.1) is 17.9 Å². The highest BCUT2D eigenvalue weighted by atomic mass is 32.2. The number of nitrogens with zero attached hydrogens (tertiary/aromatic N) is 4. The zero-order valence-corrected chi connectivity index (χ0v) is 20.5. The quantitative estimate of drug-likeness (QED) is 0.531. The van der Waals surface area contributed by atoms with Crippen molar-refractivity contribution in [2.45, 2.75) is 25.6 Å². The van der Waals surface area contributed by atoms with Crippen molar-refractivity contribution < 1.29 is 31.5 Å². The Kier molecular flexibility index (Phi) is 6.20. The third-order valence-electron chi connectivity index (χ3n) is 6.38. The van der Waals surface area contributed by atoms with Gasteiger partial charge in [0.25, 0.3) is 5.91 Å². The Morgan fingerprint density at radius 2 is 2.06 bits per heavy atom. The molecule has 1 aromatic carbocycles. The van der Waals surface area contributed by atoms with Crippen LogP contribution in [0.1, 0.15) is 35.4 Å². The highest BCUT2D eigenvalue weighted by Crippen LogP contribution is 2.45. The molecule has 36 heavy (non-hydrogen) atoms. The van der Waals surface area contributed by atoms with Gasteiger partial charge in [0.2, 0.25) is 0 Å². The van der Waals surface area contributed by atoms with Crippen LogP contribution in [0.25, 0.3) is 5.65 Å². The van der Waals surface area contributed by atoms with E-state index < -0.39 is 34.1 Å². The number of aromatic nitrogens is 2. The lowest BCUT2D eigenvalue weighted by Crippen LogP contribution is -2.41. The van der Waals surface area contributed by atoms with Crippen molar-refractivity contribution in [1.82, 2.24) is 18.4 Å². The summed E-state index contributed by atoms with van der Waals surface area (Å²) in [6, 6.07) is 5.38. The van der Waals surface area contributed by atoms with Crippen LogP contribution in [0.3, 0.4) is 0 Å². The molecule has 2 aliphatic heterocycles. The molecule has 2 aromatic heterocycles. The van der Waals surface area contributed by atoms with E-state index in [1.165, 1.54) is 29.8 Å². The molecule has 4 heterocycles. The average molecular weight is 522 g/mol. The molecule has 0 aliphatic carbocycles. The summed E-state index contributed by atoms with van der Waals surface area (Å²) in [6.45, 7) is 2.45. The van der Waals surface area contributed by atoms with E-state index in [4.69, 9.17) is 9.47 Å². The lowest BCUT2D eigenvalue weighted by Gasteiger charge is -2.30. The maximum absolute atomic E-state index is 14.7. The van der Waals surface area contributed by atoms with Crippen LogP contribution < -0.4 is 19.1 Å². The Morgan fingerprint density at radius 3 is 2.83 bits per heavy atom. The van der Waals surface area contributed by atoms with Gasteiger partial charge in [-0.15, -0.1) is 0 Å². The largest absolute Gasteiger partial charge is 0.486 e. The van der Waals surface area contributed by atoms with Gasteiger partial charge in [0, 0.05) is 44.4 Å². The fourth-order valence-corrected chi connectivity index (χ4v) is 5.32. The average Bonchev–Trinajstić information content (AvgIpc) is 3.45. The van der Waals surface area contributed by atoms with Crippen molar-refractivity contribution in [3.8, 4) is 11.5 Å². The number of carbonyl (C=O) groups is 1. The minimum Gasteiger partial charge on any atom is -0.486 e. The molecule has 0 radical (unpaired) electrons. The van der Waals surface area contributed by atoms with Gasteiger partial charge in [-0.2, -0.15) is 12.7 Å². The zero-order valence-electron chi connectivity index (χ0n) is 19.6. The highest BCUT2D eigenvalue weighted by molar-refractivity contribution is 7.87. The Labute approximate surface area is 206 Å². The van der Waals surface area contributed by atoms with Gasteiger partial charge in [-0.1, -0.05) is 6.92 Å². The lowest BCUT2D eigenvalue weighted by atomic mass is 10.0. The first-order valence-corrected chi connectivity index (χ1v) is 12.9. The van der Waals surface area contributed by atoms with Gasteiger partial charge in [0.1, 0.15) is 36.5 Å². The topological polar surface area (TPSA) is 105 Å². The van der Waals surface area contributed by atoms with Crippen molar-refractivity contribution >= 4 is 27.5 Å². The number of hydrogen-bond donors (Lipinski definition) is 1. The number of anilines is 1. The van der Waals surface area contributed by atoms with Crippen molar-refractivity contribution in [3.05, 3.63) is 53.7 Å². The molecule has 2 aliphatic rings. The van der Waals surface area contributed by atoms with Crippen LogP contribution in [0.5, 0.6) is 11.5 Å². The monoisotopic (exact) mass is 521 g/mol. The molecular weight excluding hydrogens is 496 g/mol. The molecule has 1 amide bonds. The van der Waals surface area contributed by atoms with Crippen LogP contribution in [0.4, 0.5) is 14.5 Å². The molecule has 192 valence electrons. The molecule has 1 saturated heterocycles. The highest BCUT2D eigenvalue weighted by Gasteiger charge is 2.37. The number of amides is 1. The van der Waals surface area contributed by atoms with Crippen LogP contribution >= 0.6 is 0 Å². The number of carbonyl (C=O) groups excluding carboxylic acids is 1. The fourth-order valence-electron chi connectivity index (χ4n) is 4.48. The van der Waals surface area contributed by atoms with E-state index >= 15 is 0 Å². The maximum atomic E-state index is 14.7. The number of halogens is 2. The molecule has 2 atom stereocenters. The molecule has 13 heteroatoms. The number of alkyl halides is 1. The van der Waals surface area contributed by atoms with Gasteiger partial charge in [-0.05, 0) is 18.2 Å². The summed E-state index contributed by atoms with van der Waals surface area (Å²) >= 11 is 0. The van der Waals surface area contributed by atoms with Crippen LogP contribution in [-0.4, -0.2) is 67.5 Å². The third kappa shape index (κ3) is 4.32. The number of fused-ring (bicyclic) bond motifs is 2. The number of ether oxygens (including phenoxy) is 2. The van der Waals surface area contributed by atoms with E-state index in [1.54, 1.807) is 30.2 Å². The number of nitrogens with one attached hydrogen (secondary N) is 1. The van der Waals surface area contributed by atoms with Gasteiger partial charge >= 0.3 is 10.2 Å². The summed E-state index contributed by atoms with van der Waals surface area (Å²) in [7, 11) is -2.67. The second-order valence-corrected chi connectivity index (χ2v) is 10.4. The Balaban J connectivity index is 1.51. The first kappa shape index (κ1) is 24.3. The summed E-state index contributed by atoms with van der Waals surface area (Å²) in [5.74, 6) is -0.702. The van der Waals surface area contributed by atoms with Crippen LogP contribution in [0.2, 0.25) is 0 Å². The Morgan fingerprint density at radius 1 is 1.28 bits per heavy atom. The van der Waals surface area contributed by atoms with Crippen LogP contribution in [-0.2, 0) is 10.2 Å². The van der Waals surface area contributed by atoms with E-state index in [0.29, 0.717) is 35.9 Å². The Bertz CT molecular complexity index is 1430. The number of hydrogen-bond acceptors (Lipinski definition) is 7. The Hall–Kier alpha value is -3.45. The van der Waals surface area contributed by atoms with E-state index in [1.807, 2.05) is 4.72 Å². The minimum atomic E-state index is -4.02. The van der Waals surface area contributed by atoms with Gasteiger partial charge in [0.15, 0.2) is 11.5 Å². The molecular formula is C23H25F2N5O5S. The molecule has 5 rings (SSSR count). The fraction of sp³-hybridized carbons (Fsp3) is 0.391. The molecule has 1 N–H and O–H groups in total. The second kappa shape index (κ2) is 9.21. The predicted molar refractivity (Wildman–Crippen MR) is 127 cm³/mol. The smallest absolute Gasteiger partial charge is 0.303 e. The van der Waals surface area contributed by atoms with E-state index in [9.17, 15) is 22.0 Å². The number of imidazole rings is 1. The molecule has 3 aromatic rings. The normalized spacial score (nSPS) is 19.8. The predicted octanol–water partition coefficient (Wildman–Crippen LogP) is 2.46. The van der Waals surface area contributed by atoms with Gasteiger partial charge in [-0.3, -0.25) is 9.20 Å². The van der Waals surface area contributed by atoms with Crippen LogP contribution in [0.15, 0.2) is 36.7 Å². The van der Waals surface area contributed by atoms with Crippen molar-refractivity contribution in [2.75, 3.05) is 38.3 Å². The zero-order chi connectivity index (χ0) is 25.6. The van der Waals surface area contributed by atoms with E-state index in [0.717, 1.165) is 4.31 Å². The molecule has 10 nitrogen and oxygen atoms in total. The number of pyridine rings is 1. The van der Waals surface area contributed by atoms with Gasteiger partial charge < -0.3 is 14.4 Å². The number of benzene rings is 1. The summed E-state index contributed by atoms with van der Waals surface area (Å²) in [5, 5.41) is 0. The van der Waals surface area contributed by atoms with Gasteiger partial charge in [-0.25, -0.2) is 18.5 Å². The van der Waals surface area contributed by atoms with Crippen LogP contribution in [0, 0.1) is 5.82 Å². The maximum Gasteiger partial charge on any atom is 0.303 e. The molecule has 0 unspecified atom stereocenters. The second-order valence-electron chi connectivity index (χ2n) is 8.63. The number of rotatable bonds is 6. The lowest BCUT2D eigenvalue weighted by molar-refractivity contribution is 0.0974. The van der Waals surface area contributed by atoms with Crippen molar-refractivity contribution in [3.63, 3.8) is 0 Å². The summed E-state index contributed by atoms with van der Waals surface area (Å²) < 4.78 is 69.5. The molecule has 1 fully saturated rings. The third-order valence-corrected chi connectivity index (χ3v) is 7.90. The molecule has 0 spiro atoms. The van der Waals surface area contributed by atoms with Crippen molar-refractivity contribution in [2.24, 2.45) is 0 Å². The molecule has 0 saturated carbocycles. The minimum absolute atomic E-state index is 0.00709. The first-order valence-electron chi connectivity index (χ1n) is 11.4. The SMILES string of the molecule is CCN(C)S(=O)(=O)NC(=O)c1cnc2ccc(N3C[C@@H](F)C[C@@H]3c3cc(F)cc4c3OCCO4)cn12. The summed E-state index contributed by atoms with van der Waals surface area (Å²) in [5.41, 5.74) is 1.41. The van der Waals surface area contributed by atoms with E-state index in [2.05, 4.69) is 4.98 Å². The summed E-state index contributed by atoms with van der Waals surface area (Å²) in [6.07, 6.45) is 1.77. The summed E-state index contributed by atoms with van der Waals surface area (Å²) in [4.78, 5) is 18.7. The standard InChI is InChI=1S/C23H25F2N5O5S/c1-3-28(2)36(32,33)27-23(31)19-11-26-21-5-4-16(13-30(19)21)29-12-15(25)9-18(29)17-8-14(24)10-20-22(17)35-7-6-34-20/h4-5,8,10-11,13,15,18H,3,6-7,9,12H2,1-2H3,(H,27,31)/t15-,18+/m0/s1. The first-order chi connectivity index (χ1) is 17.2. The van der Waals surface area contributed by atoms with Crippen molar-refractivity contribution in [1.29, 1.82) is 0 Å².